The lowest BCUT2D eigenvalue weighted by Crippen LogP contribution is -2.67. The van der Waals surface area contributed by atoms with E-state index in [9.17, 15) is 19.2 Å². The molecule has 0 radical (unpaired) electrons. The van der Waals surface area contributed by atoms with Crippen LogP contribution in [0.1, 0.15) is 56.3 Å². The molecule has 5 nitrogen and oxygen atoms in total. The fourth-order valence-corrected chi connectivity index (χ4v) is 8.24. The van der Waals surface area contributed by atoms with Gasteiger partial charge in [0.1, 0.15) is 4.87 Å². The zero-order valence-corrected chi connectivity index (χ0v) is 21.3. The van der Waals surface area contributed by atoms with E-state index < -0.39 is 27.3 Å². The number of rotatable bonds is 4. The van der Waals surface area contributed by atoms with Gasteiger partial charge in [0, 0.05) is 17.3 Å². The van der Waals surface area contributed by atoms with Crippen LogP contribution in [0.4, 0.5) is 0 Å². The van der Waals surface area contributed by atoms with E-state index in [2.05, 4.69) is 0 Å². The molecule has 3 fully saturated rings. The Morgan fingerprint density at radius 3 is 2.49 bits per heavy atom. The number of fused-ring (bicyclic) bond motifs is 5. The van der Waals surface area contributed by atoms with Gasteiger partial charge in [-0.3, -0.25) is 14.4 Å². The Labute approximate surface area is 214 Å². The Kier molecular flexibility index (Phi) is 5.69. The van der Waals surface area contributed by atoms with E-state index in [1.807, 2.05) is 13.8 Å². The second kappa shape index (κ2) is 8.14. The lowest BCUT2D eigenvalue weighted by Gasteiger charge is -2.61. The maximum atomic E-state index is 14.0. The minimum atomic E-state index is -1.50. The molecule has 6 atom stereocenters. The molecular formula is C28H28Cl2O5. The molecule has 1 aromatic carbocycles. The molecule has 0 N–H and O–H groups in total. The van der Waals surface area contributed by atoms with Crippen LogP contribution in [-0.2, 0) is 19.1 Å². The van der Waals surface area contributed by atoms with E-state index >= 15 is 0 Å². The highest BCUT2D eigenvalue weighted by molar-refractivity contribution is 6.37. The van der Waals surface area contributed by atoms with Crippen molar-refractivity contribution >= 4 is 46.5 Å². The first-order chi connectivity index (χ1) is 16.5. The van der Waals surface area contributed by atoms with Crippen LogP contribution >= 0.6 is 23.2 Å². The first-order valence-corrected chi connectivity index (χ1v) is 13.0. The van der Waals surface area contributed by atoms with Crippen molar-refractivity contribution in [3.05, 3.63) is 59.7 Å². The lowest BCUT2D eigenvalue weighted by atomic mass is 9.46. The number of allylic oxidation sites excluding steroid dienone is 4. The SMILES string of the molecule is C[C@]12C=CC(=O)C=C1CC[C@H]1[C@@H]3CC[C@](OC(=O)c4ccccc4)(C(=O)CCl)[C@@]3(C)CC(=O)[C@@]12Cl. The highest BCUT2D eigenvalue weighted by Crippen LogP contribution is 2.70. The molecule has 4 aliphatic carbocycles. The third-order valence-electron chi connectivity index (χ3n) is 9.37. The maximum absolute atomic E-state index is 14.0. The number of halogens is 2. The summed E-state index contributed by atoms with van der Waals surface area (Å²) in [5, 5.41) is 0. The molecule has 0 bridgehead atoms. The number of carbonyl (C=O) groups is 4. The van der Waals surface area contributed by atoms with Gasteiger partial charge in [-0.05, 0) is 61.8 Å². The van der Waals surface area contributed by atoms with Crippen LogP contribution in [0.5, 0.6) is 0 Å². The molecule has 0 unspecified atom stereocenters. The van der Waals surface area contributed by atoms with Gasteiger partial charge in [0.2, 0.25) is 0 Å². The Hall–Kier alpha value is -2.24. The highest BCUT2D eigenvalue weighted by Gasteiger charge is 2.74. The smallest absolute Gasteiger partial charge is 0.339 e. The van der Waals surface area contributed by atoms with Crippen LogP contribution in [0.3, 0.4) is 0 Å². The molecule has 3 saturated carbocycles. The van der Waals surface area contributed by atoms with Crippen LogP contribution in [0, 0.1) is 22.7 Å². The van der Waals surface area contributed by atoms with Gasteiger partial charge in [0.05, 0.1) is 11.4 Å². The number of benzene rings is 1. The van der Waals surface area contributed by atoms with Gasteiger partial charge in [-0.15, -0.1) is 23.2 Å². The summed E-state index contributed by atoms with van der Waals surface area (Å²) in [7, 11) is 0. The Morgan fingerprint density at radius 1 is 1.09 bits per heavy atom. The molecule has 0 aliphatic heterocycles. The molecule has 0 saturated heterocycles. The summed E-state index contributed by atoms with van der Waals surface area (Å²) in [6, 6.07) is 8.53. The molecule has 184 valence electrons. The van der Waals surface area contributed by atoms with Crippen molar-refractivity contribution in [1.82, 2.24) is 0 Å². The minimum Gasteiger partial charge on any atom is -0.447 e. The maximum Gasteiger partial charge on any atom is 0.339 e. The predicted octanol–water partition coefficient (Wildman–Crippen LogP) is 5.24. The largest absolute Gasteiger partial charge is 0.447 e. The van der Waals surface area contributed by atoms with E-state index in [1.54, 1.807) is 42.5 Å². The molecule has 0 spiro atoms. The van der Waals surface area contributed by atoms with Crippen LogP contribution in [0.2, 0.25) is 0 Å². The molecule has 1 aromatic rings. The van der Waals surface area contributed by atoms with Gasteiger partial charge in [0.15, 0.2) is 23.0 Å². The molecular weight excluding hydrogens is 487 g/mol. The monoisotopic (exact) mass is 514 g/mol. The quantitative estimate of drug-likeness (QED) is 0.405. The van der Waals surface area contributed by atoms with E-state index in [0.717, 1.165) is 5.57 Å². The van der Waals surface area contributed by atoms with Crippen molar-refractivity contribution in [2.45, 2.75) is 56.4 Å². The summed E-state index contributed by atoms with van der Waals surface area (Å²) < 4.78 is 6.08. The summed E-state index contributed by atoms with van der Waals surface area (Å²) in [4.78, 5) is 51.4. The molecule has 0 aromatic heterocycles. The van der Waals surface area contributed by atoms with Crippen molar-refractivity contribution in [1.29, 1.82) is 0 Å². The van der Waals surface area contributed by atoms with Gasteiger partial charge >= 0.3 is 5.97 Å². The summed E-state index contributed by atoms with van der Waals surface area (Å²) in [5.41, 5.74) is -2.01. The number of Topliss-reactive ketones (excluding diaryl/α,β-unsaturated/α-hetero) is 2. The van der Waals surface area contributed by atoms with E-state index in [4.69, 9.17) is 27.9 Å². The van der Waals surface area contributed by atoms with Gasteiger partial charge in [0.25, 0.3) is 0 Å². The Morgan fingerprint density at radius 2 is 1.80 bits per heavy atom. The number of ether oxygens (including phenoxy) is 1. The van der Waals surface area contributed by atoms with E-state index in [1.165, 1.54) is 6.08 Å². The third kappa shape index (κ3) is 3.13. The number of hydrogen-bond acceptors (Lipinski definition) is 5. The third-order valence-corrected chi connectivity index (χ3v) is 10.5. The normalized spacial score (nSPS) is 39.8. The summed E-state index contributed by atoms with van der Waals surface area (Å²) in [6.07, 6.45) is 7.03. The molecule has 0 amide bonds. The van der Waals surface area contributed by atoms with E-state index in [0.29, 0.717) is 31.2 Å². The predicted molar refractivity (Wildman–Crippen MR) is 132 cm³/mol. The van der Waals surface area contributed by atoms with Crippen LogP contribution in [0.25, 0.3) is 0 Å². The van der Waals surface area contributed by atoms with Crippen LogP contribution in [-0.4, -0.2) is 39.7 Å². The van der Waals surface area contributed by atoms with Crippen LogP contribution < -0.4 is 0 Å². The summed E-state index contributed by atoms with van der Waals surface area (Å²) in [5.74, 6) is -1.94. The molecule has 4 aliphatic rings. The van der Waals surface area contributed by atoms with Crippen molar-refractivity contribution < 1.29 is 23.9 Å². The van der Waals surface area contributed by atoms with Crippen molar-refractivity contribution in [3.63, 3.8) is 0 Å². The first kappa shape index (κ1) is 24.5. The molecule has 35 heavy (non-hydrogen) atoms. The van der Waals surface area contributed by atoms with Gasteiger partial charge in [-0.2, -0.15) is 0 Å². The topological polar surface area (TPSA) is 77.5 Å². The zero-order valence-electron chi connectivity index (χ0n) is 19.8. The fourth-order valence-electron chi connectivity index (χ4n) is 7.51. The number of hydrogen-bond donors (Lipinski definition) is 0. The van der Waals surface area contributed by atoms with E-state index in [-0.39, 0.29) is 41.5 Å². The second-order valence-electron chi connectivity index (χ2n) is 10.8. The summed E-state index contributed by atoms with van der Waals surface area (Å²) >= 11 is 13.4. The zero-order chi connectivity index (χ0) is 25.2. The Balaban J connectivity index is 1.58. The van der Waals surface area contributed by atoms with Crippen molar-refractivity contribution in [3.8, 4) is 0 Å². The number of carbonyl (C=O) groups excluding carboxylic acids is 4. The number of alkyl halides is 2. The number of esters is 1. The van der Waals surface area contributed by atoms with Crippen molar-refractivity contribution in [2.24, 2.45) is 22.7 Å². The highest BCUT2D eigenvalue weighted by atomic mass is 35.5. The Bertz CT molecular complexity index is 1190. The standard InChI is InChI=1S/C28H28Cl2O5/c1-25-12-10-19(31)14-18(25)8-9-21-20-11-13-27(23(33)16-29,26(20,2)15-22(32)28(21,25)30)35-24(34)17-6-4-3-5-7-17/h3-7,10,12,14,20-21H,8-9,11,13,15-16H2,1-2H3/t20-,21-,25-,26-,27-,28-/m0/s1. The average molecular weight is 515 g/mol. The van der Waals surface area contributed by atoms with Gasteiger partial charge in [-0.25, -0.2) is 4.79 Å². The first-order valence-electron chi connectivity index (χ1n) is 12.1. The molecule has 5 rings (SSSR count). The molecule has 7 heteroatoms. The van der Waals surface area contributed by atoms with Gasteiger partial charge < -0.3 is 4.74 Å². The van der Waals surface area contributed by atoms with Gasteiger partial charge in [-0.1, -0.05) is 43.7 Å². The number of ketones is 3. The van der Waals surface area contributed by atoms with Crippen molar-refractivity contribution in [2.75, 3.05) is 5.88 Å². The molecule has 0 heterocycles. The van der Waals surface area contributed by atoms with Crippen LogP contribution in [0.15, 0.2) is 54.1 Å². The fraction of sp³-hybridized carbons (Fsp3) is 0.500. The summed E-state index contributed by atoms with van der Waals surface area (Å²) in [6.45, 7) is 3.82. The average Bonchev–Trinajstić information content (AvgIpc) is 3.13. The second-order valence-corrected chi connectivity index (χ2v) is 11.6. The lowest BCUT2D eigenvalue weighted by molar-refractivity contribution is -0.164. The minimum absolute atomic E-state index is 0.00692.